The summed E-state index contributed by atoms with van der Waals surface area (Å²) in [6.45, 7) is 8.85. The Morgan fingerprint density at radius 2 is 2.00 bits per heavy atom. The number of rotatable bonds is 3. The van der Waals surface area contributed by atoms with Crippen LogP contribution in [0.3, 0.4) is 0 Å². The van der Waals surface area contributed by atoms with Gasteiger partial charge in [-0.25, -0.2) is 0 Å². The first kappa shape index (κ1) is 15.3. The molecule has 3 heteroatoms. The van der Waals surface area contributed by atoms with Gasteiger partial charge < -0.3 is 14.6 Å². The molecule has 1 N–H and O–H groups in total. The van der Waals surface area contributed by atoms with E-state index in [1.807, 2.05) is 19.9 Å². The number of aryl methyl sites for hydroxylation is 2. The molecule has 112 valence electrons. The van der Waals surface area contributed by atoms with Crippen LogP contribution < -0.4 is 4.74 Å². The second-order valence-corrected chi connectivity index (χ2v) is 6.25. The van der Waals surface area contributed by atoms with E-state index in [4.69, 9.17) is 9.47 Å². The van der Waals surface area contributed by atoms with E-state index in [1.54, 1.807) is 7.11 Å². The molecule has 0 aliphatic carbocycles. The molecule has 1 aromatic carbocycles. The van der Waals surface area contributed by atoms with Gasteiger partial charge in [0.25, 0.3) is 0 Å². The summed E-state index contributed by atoms with van der Waals surface area (Å²) in [4.78, 5) is 0. The van der Waals surface area contributed by atoms with Crippen LogP contribution in [0.1, 0.15) is 49.8 Å². The first-order chi connectivity index (χ1) is 9.33. The maximum absolute atomic E-state index is 11.2. The zero-order chi connectivity index (χ0) is 15.0. The van der Waals surface area contributed by atoms with Gasteiger partial charge in [0, 0.05) is 12.8 Å². The molecule has 1 aromatic rings. The van der Waals surface area contributed by atoms with Crippen molar-refractivity contribution in [2.75, 3.05) is 13.7 Å². The Morgan fingerprint density at radius 1 is 1.30 bits per heavy atom. The molecule has 0 bridgehead atoms. The zero-order valence-corrected chi connectivity index (χ0v) is 13.2. The van der Waals surface area contributed by atoms with E-state index >= 15 is 0 Å². The van der Waals surface area contributed by atoms with Gasteiger partial charge in [-0.15, -0.1) is 0 Å². The van der Waals surface area contributed by atoms with Crippen molar-refractivity contribution in [1.82, 2.24) is 0 Å². The van der Waals surface area contributed by atoms with Crippen molar-refractivity contribution < 1.29 is 14.6 Å². The quantitative estimate of drug-likeness (QED) is 0.920. The number of hydrogen-bond acceptors (Lipinski definition) is 3. The predicted molar refractivity (Wildman–Crippen MR) is 80.2 cm³/mol. The molecule has 3 nitrogen and oxygen atoms in total. The Bertz CT molecular complexity index is 497. The first-order valence-corrected chi connectivity index (χ1v) is 7.35. The fraction of sp³-hybridized carbons (Fsp3) is 0.647. The lowest BCUT2D eigenvalue weighted by Crippen LogP contribution is -2.45. The van der Waals surface area contributed by atoms with E-state index in [0.29, 0.717) is 19.4 Å². The Hall–Kier alpha value is -1.06. The molecule has 1 heterocycles. The van der Waals surface area contributed by atoms with E-state index in [0.717, 1.165) is 28.9 Å². The summed E-state index contributed by atoms with van der Waals surface area (Å²) in [6.07, 6.45) is 2.20. The molecule has 0 radical (unpaired) electrons. The molecule has 1 aliphatic heterocycles. The van der Waals surface area contributed by atoms with Gasteiger partial charge in [-0.3, -0.25) is 0 Å². The summed E-state index contributed by atoms with van der Waals surface area (Å²) in [6, 6.07) is 4.08. The Balaban J connectivity index is 2.41. The van der Waals surface area contributed by atoms with Crippen LogP contribution in [0.15, 0.2) is 12.1 Å². The van der Waals surface area contributed by atoms with Gasteiger partial charge >= 0.3 is 0 Å². The van der Waals surface area contributed by atoms with Crippen LogP contribution in [-0.2, 0) is 10.3 Å². The van der Waals surface area contributed by atoms with Crippen LogP contribution >= 0.6 is 0 Å². The molecule has 0 spiro atoms. The van der Waals surface area contributed by atoms with Gasteiger partial charge in [0.15, 0.2) is 0 Å². The van der Waals surface area contributed by atoms with Gasteiger partial charge in [-0.05, 0) is 56.0 Å². The fourth-order valence-corrected chi connectivity index (χ4v) is 3.19. The zero-order valence-electron chi connectivity index (χ0n) is 13.2. The van der Waals surface area contributed by atoms with E-state index in [-0.39, 0.29) is 5.60 Å². The van der Waals surface area contributed by atoms with Crippen LogP contribution in [0.25, 0.3) is 0 Å². The summed E-state index contributed by atoms with van der Waals surface area (Å²) in [7, 11) is 1.68. The molecule has 0 saturated carbocycles. The molecule has 2 atom stereocenters. The van der Waals surface area contributed by atoms with Crippen molar-refractivity contribution >= 4 is 0 Å². The summed E-state index contributed by atoms with van der Waals surface area (Å²) in [5.74, 6) is 0.875. The minimum atomic E-state index is -0.801. The Labute approximate surface area is 121 Å². The number of hydrogen-bond donors (Lipinski definition) is 1. The Kier molecular flexibility index (Phi) is 4.12. The average molecular weight is 278 g/mol. The van der Waals surface area contributed by atoms with E-state index in [9.17, 15) is 5.11 Å². The standard InChI is InChI=1S/C17H26O3/c1-6-16(4)11-17(18,7-8-20-16)14-9-13(3)15(19-5)10-12(14)2/h9-10,18H,6-8,11H2,1-5H3. The topological polar surface area (TPSA) is 38.7 Å². The van der Waals surface area contributed by atoms with Gasteiger partial charge in [0.05, 0.1) is 24.9 Å². The fourth-order valence-electron chi connectivity index (χ4n) is 3.19. The summed E-state index contributed by atoms with van der Waals surface area (Å²) >= 11 is 0. The van der Waals surface area contributed by atoms with Crippen molar-refractivity contribution in [3.63, 3.8) is 0 Å². The van der Waals surface area contributed by atoms with Crippen molar-refractivity contribution in [3.8, 4) is 5.75 Å². The van der Waals surface area contributed by atoms with Crippen LogP contribution in [0.4, 0.5) is 0 Å². The number of aliphatic hydroxyl groups is 1. The largest absolute Gasteiger partial charge is 0.496 e. The third-order valence-corrected chi connectivity index (χ3v) is 4.62. The normalized spacial score (nSPS) is 30.3. The smallest absolute Gasteiger partial charge is 0.122 e. The third kappa shape index (κ3) is 2.70. The van der Waals surface area contributed by atoms with Crippen molar-refractivity contribution in [1.29, 1.82) is 0 Å². The highest BCUT2D eigenvalue weighted by molar-refractivity contribution is 5.44. The third-order valence-electron chi connectivity index (χ3n) is 4.62. The first-order valence-electron chi connectivity index (χ1n) is 7.35. The molecule has 1 aliphatic rings. The van der Waals surface area contributed by atoms with Gasteiger partial charge in [0.2, 0.25) is 0 Å². The molecule has 0 aromatic heterocycles. The highest BCUT2D eigenvalue weighted by atomic mass is 16.5. The van der Waals surface area contributed by atoms with Gasteiger partial charge in [0.1, 0.15) is 5.75 Å². The molecule has 1 fully saturated rings. The van der Waals surface area contributed by atoms with E-state index in [1.165, 1.54) is 0 Å². The van der Waals surface area contributed by atoms with Crippen molar-refractivity contribution in [2.45, 2.75) is 58.2 Å². The summed E-state index contributed by atoms with van der Waals surface area (Å²) in [5.41, 5.74) is 2.11. The van der Waals surface area contributed by atoms with E-state index in [2.05, 4.69) is 19.9 Å². The maximum Gasteiger partial charge on any atom is 0.122 e. The van der Waals surface area contributed by atoms with Gasteiger partial charge in [-0.1, -0.05) is 6.92 Å². The highest BCUT2D eigenvalue weighted by Crippen LogP contribution is 2.43. The molecular formula is C17H26O3. The van der Waals surface area contributed by atoms with Crippen LogP contribution in [0, 0.1) is 13.8 Å². The molecule has 20 heavy (non-hydrogen) atoms. The number of ether oxygens (including phenoxy) is 2. The molecule has 2 unspecified atom stereocenters. The van der Waals surface area contributed by atoms with Crippen molar-refractivity contribution in [3.05, 3.63) is 28.8 Å². The van der Waals surface area contributed by atoms with E-state index < -0.39 is 5.60 Å². The second kappa shape index (κ2) is 5.38. The molecule has 0 amide bonds. The van der Waals surface area contributed by atoms with Crippen LogP contribution in [0.2, 0.25) is 0 Å². The van der Waals surface area contributed by atoms with Crippen molar-refractivity contribution in [2.24, 2.45) is 0 Å². The summed E-state index contributed by atoms with van der Waals surface area (Å²) in [5, 5.41) is 11.2. The van der Waals surface area contributed by atoms with Crippen LogP contribution in [0.5, 0.6) is 5.75 Å². The highest BCUT2D eigenvalue weighted by Gasteiger charge is 2.43. The lowest BCUT2D eigenvalue weighted by Gasteiger charge is -2.44. The number of methoxy groups -OCH3 is 1. The SMILES string of the molecule is CCC1(C)CC(O)(c2cc(C)c(OC)cc2C)CCO1. The van der Waals surface area contributed by atoms with Crippen LogP contribution in [-0.4, -0.2) is 24.4 Å². The molecule has 2 rings (SSSR count). The predicted octanol–water partition coefficient (Wildman–Crippen LogP) is 3.48. The second-order valence-electron chi connectivity index (χ2n) is 6.25. The minimum Gasteiger partial charge on any atom is -0.496 e. The Morgan fingerprint density at radius 3 is 2.60 bits per heavy atom. The molecule has 1 saturated heterocycles. The lowest BCUT2D eigenvalue weighted by molar-refractivity contribution is -0.157. The lowest BCUT2D eigenvalue weighted by atomic mass is 9.76. The number of benzene rings is 1. The average Bonchev–Trinajstić information content (AvgIpc) is 2.40. The minimum absolute atomic E-state index is 0.243. The van der Waals surface area contributed by atoms with Gasteiger partial charge in [-0.2, -0.15) is 0 Å². The molecular weight excluding hydrogens is 252 g/mol. The maximum atomic E-state index is 11.2. The monoisotopic (exact) mass is 278 g/mol. The summed E-state index contributed by atoms with van der Waals surface area (Å²) < 4.78 is 11.2.